The van der Waals surface area contributed by atoms with Gasteiger partial charge in [0.1, 0.15) is 0 Å². The van der Waals surface area contributed by atoms with Gasteiger partial charge in [0.25, 0.3) is 5.91 Å². The third-order valence-corrected chi connectivity index (χ3v) is 7.66. The molecule has 1 N–H and O–H groups in total. The molecule has 2 aromatic carbocycles. The summed E-state index contributed by atoms with van der Waals surface area (Å²) in [5.41, 5.74) is 2.91. The molecule has 3 unspecified atom stereocenters. The van der Waals surface area contributed by atoms with Gasteiger partial charge in [0.05, 0.1) is 23.1 Å². The molecule has 0 aromatic heterocycles. The second-order valence-electron chi connectivity index (χ2n) is 8.22. The minimum Gasteiger partial charge on any atom is -0.373 e. The highest BCUT2D eigenvalue weighted by molar-refractivity contribution is 7.89. The zero-order valence-electron chi connectivity index (χ0n) is 17.4. The summed E-state index contributed by atoms with van der Waals surface area (Å²) in [5, 5.41) is 3.11. The highest BCUT2D eigenvalue weighted by Gasteiger charge is 2.32. The lowest BCUT2D eigenvalue weighted by atomic mass is 9.87. The Morgan fingerprint density at radius 3 is 2.40 bits per heavy atom. The fourth-order valence-electron chi connectivity index (χ4n) is 4.40. The zero-order valence-corrected chi connectivity index (χ0v) is 18.2. The van der Waals surface area contributed by atoms with Gasteiger partial charge in [-0.15, -0.1) is 0 Å². The summed E-state index contributed by atoms with van der Waals surface area (Å²) >= 11 is 0. The van der Waals surface area contributed by atoms with E-state index in [1.165, 1.54) is 27.6 Å². The first kappa shape index (κ1) is 21.0. The molecule has 6 nitrogen and oxygen atoms in total. The molecule has 160 valence electrons. The molecule has 2 aromatic rings. The van der Waals surface area contributed by atoms with Gasteiger partial charge in [-0.3, -0.25) is 4.79 Å². The van der Waals surface area contributed by atoms with Crippen LogP contribution in [0.4, 0.5) is 0 Å². The predicted molar refractivity (Wildman–Crippen MR) is 115 cm³/mol. The maximum atomic E-state index is 13.0. The van der Waals surface area contributed by atoms with Crippen molar-refractivity contribution >= 4 is 15.9 Å². The van der Waals surface area contributed by atoms with E-state index in [-0.39, 0.29) is 29.1 Å². The van der Waals surface area contributed by atoms with E-state index in [4.69, 9.17) is 4.74 Å². The topological polar surface area (TPSA) is 75.7 Å². The van der Waals surface area contributed by atoms with Crippen LogP contribution in [0, 0.1) is 0 Å². The van der Waals surface area contributed by atoms with Gasteiger partial charge in [-0.25, -0.2) is 8.42 Å². The summed E-state index contributed by atoms with van der Waals surface area (Å²) in [4.78, 5) is 13.0. The highest BCUT2D eigenvalue weighted by atomic mass is 32.2. The number of nitrogens with zero attached hydrogens (tertiary/aromatic N) is 1. The number of aryl methyl sites for hydroxylation is 1. The number of carbonyl (C=O) groups is 1. The second-order valence-corrected chi connectivity index (χ2v) is 10.2. The number of hydrogen-bond donors (Lipinski definition) is 1. The summed E-state index contributed by atoms with van der Waals surface area (Å²) in [7, 11) is -3.62. The van der Waals surface area contributed by atoms with Gasteiger partial charge in [-0.05, 0) is 68.5 Å². The zero-order chi connectivity index (χ0) is 21.3. The number of hydrogen-bond acceptors (Lipinski definition) is 4. The minimum atomic E-state index is -3.62. The number of sulfonamides is 1. The van der Waals surface area contributed by atoms with Crippen molar-refractivity contribution in [2.24, 2.45) is 0 Å². The largest absolute Gasteiger partial charge is 0.373 e. The molecule has 7 heteroatoms. The Hall–Kier alpha value is -2.22. The van der Waals surface area contributed by atoms with Crippen molar-refractivity contribution in [1.82, 2.24) is 9.62 Å². The third kappa shape index (κ3) is 4.29. The second kappa shape index (κ2) is 8.49. The summed E-state index contributed by atoms with van der Waals surface area (Å²) < 4.78 is 33.1. The first-order chi connectivity index (χ1) is 14.3. The number of nitrogens with one attached hydrogen (secondary N) is 1. The van der Waals surface area contributed by atoms with Crippen molar-refractivity contribution < 1.29 is 17.9 Å². The fourth-order valence-corrected chi connectivity index (χ4v) is 5.99. The number of carbonyl (C=O) groups excluding carboxylic acids is 1. The van der Waals surface area contributed by atoms with Gasteiger partial charge in [0.15, 0.2) is 0 Å². The molecule has 0 radical (unpaired) electrons. The average Bonchev–Trinajstić information content (AvgIpc) is 2.73. The molecular formula is C23H28N2O4S. The molecule has 4 rings (SSSR count). The Balaban J connectivity index is 1.48. The first-order valence-corrected chi connectivity index (χ1v) is 11.9. The summed E-state index contributed by atoms with van der Waals surface area (Å²) in [6.45, 7) is 4.40. The summed E-state index contributed by atoms with van der Waals surface area (Å²) in [5.74, 6) is -0.186. The van der Waals surface area contributed by atoms with Crippen LogP contribution in [0.1, 0.15) is 54.2 Å². The molecule has 1 fully saturated rings. The highest BCUT2D eigenvalue weighted by Crippen LogP contribution is 2.30. The Kier molecular flexibility index (Phi) is 5.95. The molecule has 0 bridgehead atoms. The van der Waals surface area contributed by atoms with Crippen molar-refractivity contribution in [2.45, 2.75) is 56.3 Å². The van der Waals surface area contributed by atoms with Crippen molar-refractivity contribution in [1.29, 1.82) is 0 Å². The Morgan fingerprint density at radius 2 is 1.70 bits per heavy atom. The van der Waals surface area contributed by atoms with Crippen LogP contribution in [-0.2, 0) is 21.2 Å². The molecule has 3 atom stereocenters. The van der Waals surface area contributed by atoms with Crippen LogP contribution in [0.15, 0.2) is 53.4 Å². The smallest absolute Gasteiger partial charge is 0.251 e. The lowest BCUT2D eigenvalue weighted by Crippen LogP contribution is -2.48. The van der Waals surface area contributed by atoms with E-state index in [2.05, 4.69) is 17.4 Å². The van der Waals surface area contributed by atoms with Crippen LogP contribution in [0.3, 0.4) is 0 Å². The molecule has 1 heterocycles. The lowest BCUT2D eigenvalue weighted by molar-refractivity contribution is -0.0440. The third-order valence-electron chi connectivity index (χ3n) is 5.82. The maximum absolute atomic E-state index is 13.0. The average molecular weight is 429 g/mol. The number of ether oxygens (including phenoxy) is 1. The number of fused-ring (bicyclic) bond motifs is 1. The molecule has 1 aliphatic heterocycles. The Labute approximate surface area is 178 Å². The van der Waals surface area contributed by atoms with E-state index < -0.39 is 10.0 Å². The molecule has 1 saturated heterocycles. The van der Waals surface area contributed by atoms with Gasteiger partial charge in [-0.2, -0.15) is 4.31 Å². The lowest BCUT2D eigenvalue weighted by Gasteiger charge is -2.34. The predicted octanol–water partition coefficient (Wildman–Crippen LogP) is 3.29. The van der Waals surface area contributed by atoms with E-state index in [9.17, 15) is 13.2 Å². The Morgan fingerprint density at radius 1 is 1.03 bits per heavy atom. The van der Waals surface area contributed by atoms with Gasteiger partial charge < -0.3 is 10.1 Å². The SMILES string of the molecule is CC1CN(S(=O)(=O)c2ccc(C(=O)NC3CCCc4ccccc43)cc2)CC(C)O1. The van der Waals surface area contributed by atoms with Crippen LogP contribution >= 0.6 is 0 Å². The molecule has 2 aliphatic rings. The monoisotopic (exact) mass is 428 g/mol. The van der Waals surface area contributed by atoms with E-state index in [1.54, 1.807) is 12.1 Å². The number of morpholine rings is 1. The van der Waals surface area contributed by atoms with E-state index in [0.29, 0.717) is 18.7 Å². The van der Waals surface area contributed by atoms with Gasteiger partial charge in [-0.1, -0.05) is 24.3 Å². The van der Waals surface area contributed by atoms with Crippen LogP contribution in [0.25, 0.3) is 0 Å². The quantitative estimate of drug-likeness (QED) is 0.811. The minimum absolute atomic E-state index is 0.0119. The molecule has 0 saturated carbocycles. The van der Waals surface area contributed by atoms with Crippen molar-refractivity contribution in [3.8, 4) is 0 Å². The van der Waals surface area contributed by atoms with E-state index in [1.807, 2.05) is 26.0 Å². The summed E-state index contributed by atoms with van der Waals surface area (Å²) in [6, 6.07) is 14.4. The van der Waals surface area contributed by atoms with Crippen LogP contribution in [0.2, 0.25) is 0 Å². The Bertz CT molecular complexity index is 1010. The van der Waals surface area contributed by atoms with E-state index in [0.717, 1.165) is 19.3 Å². The first-order valence-electron chi connectivity index (χ1n) is 10.5. The van der Waals surface area contributed by atoms with Crippen LogP contribution in [0.5, 0.6) is 0 Å². The van der Waals surface area contributed by atoms with Gasteiger partial charge >= 0.3 is 0 Å². The van der Waals surface area contributed by atoms with Crippen LogP contribution < -0.4 is 5.32 Å². The fraction of sp³-hybridized carbons (Fsp3) is 0.435. The number of benzene rings is 2. The van der Waals surface area contributed by atoms with Crippen molar-refractivity contribution in [2.75, 3.05) is 13.1 Å². The standard InChI is InChI=1S/C23H28N2O4S/c1-16-14-25(15-17(2)29-16)30(27,28)20-12-10-19(11-13-20)23(26)24-22-9-5-7-18-6-3-4-8-21(18)22/h3-4,6,8,10-13,16-17,22H,5,7,9,14-15H2,1-2H3,(H,24,26). The van der Waals surface area contributed by atoms with E-state index >= 15 is 0 Å². The van der Waals surface area contributed by atoms with Gasteiger partial charge in [0, 0.05) is 18.7 Å². The number of amides is 1. The van der Waals surface area contributed by atoms with Crippen molar-refractivity contribution in [3.63, 3.8) is 0 Å². The molecule has 1 amide bonds. The molecule has 0 spiro atoms. The maximum Gasteiger partial charge on any atom is 0.251 e. The molecular weight excluding hydrogens is 400 g/mol. The number of rotatable bonds is 4. The van der Waals surface area contributed by atoms with Gasteiger partial charge in [0.2, 0.25) is 10.0 Å². The normalized spacial score (nSPS) is 24.8. The van der Waals surface area contributed by atoms with Crippen LogP contribution in [-0.4, -0.2) is 43.9 Å². The summed E-state index contributed by atoms with van der Waals surface area (Å²) in [6.07, 6.45) is 2.69. The molecule has 30 heavy (non-hydrogen) atoms. The molecule has 1 aliphatic carbocycles. The van der Waals surface area contributed by atoms with Crippen molar-refractivity contribution in [3.05, 3.63) is 65.2 Å².